The predicted molar refractivity (Wildman–Crippen MR) is 154 cm³/mol. The van der Waals surface area contributed by atoms with Crippen molar-refractivity contribution in [2.45, 2.75) is 44.5 Å². The van der Waals surface area contributed by atoms with Crippen molar-refractivity contribution in [2.24, 2.45) is 4.99 Å². The lowest BCUT2D eigenvalue weighted by molar-refractivity contribution is -0.140. The van der Waals surface area contributed by atoms with Gasteiger partial charge in [0, 0.05) is 42.5 Å². The average molecular weight is 554 g/mol. The fourth-order valence-corrected chi connectivity index (χ4v) is 6.04. The maximum Gasteiger partial charge on any atom is 0.255 e. The fraction of sp³-hybridized carbons (Fsp3) is 0.281. The number of thiazole rings is 1. The summed E-state index contributed by atoms with van der Waals surface area (Å²) in [5, 5.41) is 12.0. The van der Waals surface area contributed by atoms with Crippen molar-refractivity contribution in [3.8, 4) is 5.75 Å². The Morgan fingerprint density at radius 2 is 1.85 bits per heavy atom. The van der Waals surface area contributed by atoms with Crippen molar-refractivity contribution in [1.82, 2.24) is 9.88 Å². The third-order valence-corrected chi connectivity index (χ3v) is 8.15. The Bertz CT molecular complexity index is 1520. The highest BCUT2D eigenvalue weighted by Gasteiger charge is 2.56. The molecule has 7 nitrogen and oxygen atoms in total. The van der Waals surface area contributed by atoms with Crippen LogP contribution in [0.3, 0.4) is 0 Å². The number of aliphatic hydroxyl groups excluding tert-OH is 1. The molecular formula is C32H31N3O4S. The van der Waals surface area contributed by atoms with Gasteiger partial charge in [-0.05, 0) is 42.3 Å². The van der Waals surface area contributed by atoms with E-state index < -0.39 is 11.6 Å². The molecule has 0 bridgehead atoms. The highest BCUT2D eigenvalue weighted by atomic mass is 32.1. The molecule has 0 spiro atoms. The molecule has 0 saturated carbocycles. The van der Waals surface area contributed by atoms with Gasteiger partial charge in [0.25, 0.3) is 5.91 Å². The molecule has 8 heteroatoms. The Morgan fingerprint density at radius 3 is 2.60 bits per heavy atom. The van der Waals surface area contributed by atoms with E-state index in [-0.39, 0.29) is 12.5 Å². The van der Waals surface area contributed by atoms with E-state index in [0.29, 0.717) is 44.2 Å². The molecule has 1 aromatic heterocycles. The molecule has 0 saturated heterocycles. The lowest BCUT2D eigenvalue weighted by atomic mass is 9.81. The lowest BCUT2D eigenvalue weighted by Gasteiger charge is -2.32. The molecule has 0 aliphatic carbocycles. The number of benzene rings is 3. The minimum Gasteiger partial charge on any atom is -0.494 e. The minimum atomic E-state index is -1.18. The van der Waals surface area contributed by atoms with E-state index >= 15 is 0 Å². The van der Waals surface area contributed by atoms with Gasteiger partial charge in [0.05, 0.1) is 23.9 Å². The van der Waals surface area contributed by atoms with Crippen molar-refractivity contribution in [1.29, 1.82) is 0 Å². The van der Waals surface area contributed by atoms with Gasteiger partial charge in [0.15, 0.2) is 11.6 Å². The molecule has 4 aromatic rings. The number of carbonyl (C=O) groups excluding carboxylic acids is 1. The molecule has 2 aliphatic heterocycles. The van der Waals surface area contributed by atoms with Crippen molar-refractivity contribution in [3.05, 3.63) is 117 Å². The van der Waals surface area contributed by atoms with Gasteiger partial charge in [-0.2, -0.15) is 0 Å². The Labute approximate surface area is 237 Å². The molecule has 1 amide bonds. The number of aryl methyl sites for hydroxylation is 1. The van der Waals surface area contributed by atoms with E-state index in [4.69, 9.17) is 19.6 Å². The second kappa shape index (κ2) is 11.2. The molecule has 0 radical (unpaired) electrons. The van der Waals surface area contributed by atoms with E-state index in [1.165, 1.54) is 0 Å². The van der Waals surface area contributed by atoms with Crippen LogP contribution in [0.5, 0.6) is 5.75 Å². The van der Waals surface area contributed by atoms with Crippen LogP contribution in [0, 0.1) is 6.92 Å². The Kier molecular flexibility index (Phi) is 7.36. The van der Waals surface area contributed by atoms with Gasteiger partial charge < -0.3 is 19.5 Å². The summed E-state index contributed by atoms with van der Waals surface area (Å²) in [7, 11) is 0. The molecule has 6 rings (SSSR count). The van der Waals surface area contributed by atoms with Gasteiger partial charge in [-0.15, -0.1) is 11.3 Å². The third-order valence-electron chi connectivity index (χ3n) is 7.33. The van der Waals surface area contributed by atoms with Gasteiger partial charge in [-0.25, -0.2) is 9.98 Å². The van der Waals surface area contributed by atoms with Crippen LogP contribution < -0.4 is 4.74 Å². The Balaban J connectivity index is 1.43. The Hall–Kier alpha value is -4.01. The van der Waals surface area contributed by atoms with Gasteiger partial charge in [0.1, 0.15) is 5.75 Å². The number of amides is 1. The molecule has 204 valence electrons. The summed E-state index contributed by atoms with van der Waals surface area (Å²) in [4.78, 5) is 26.4. The smallest absolute Gasteiger partial charge is 0.255 e. The second-order valence-corrected chi connectivity index (χ2v) is 11.2. The average Bonchev–Trinajstić information content (AvgIpc) is 3.55. The first-order chi connectivity index (χ1) is 19.6. The number of rotatable bonds is 9. The zero-order valence-electron chi connectivity index (χ0n) is 22.3. The first-order valence-electron chi connectivity index (χ1n) is 13.5. The predicted octanol–water partition coefficient (Wildman–Crippen LogP) is 5.25. The maximum absolute atomic E-state index is 14.7. The number of nitrogens with zero attached hydrogens (tertiary/aromatic N) is 3. The number of aliphatic hydroxyl groups is 1. The summed E-state index contributed by atoms with van der Waals surface area (Å²) in [5.74, 6) is 1.08. The summed E-state index contributed by atoms with van der Waals surface area (Å²) < 4.78 is 12.4. The second-order valence-electron chi connectivity index (χ2n) is 10.2. The normalized spacial score (nSPS) is 19.9. The van der Waals surface area contributed by atoms with Crippen molar-refractivity contribution in [2.75, 3.05) is 13.2 Å². The molecule has 3 aromatic carbocycles. The standard InChI is InChI=1S/C32H31N3O4S/c1-22-33-26(21-40-22)20-35-19-25-10-5-6-11-28(25)29-32(31(35)37,18-23-8-3-2-4-9-23)34-30(39-29)24-12-14-27(15-13-24)38-17-7-16-36/h2-6,8-15,21,29,36H,7,16-20H2,1H3/t29-,32-/m0/s1. The maximum atomic E-state index is 14.7. The molecular weight excluding hydrogens is 522 g/mol. The topological polar surface area (TPSA) is 84.2 Å². The van der Waals surface area contributed by atoms with Crippen LogP contribution in [-0.4, -0.2) is 45.5 Å². The van der Waals surface area contributed by atoms with Crippen LogP contribution in [0.4, 0.5) is 0 Å². The van der Waals surface area contributed by atoms with E-state index in [0.717, 1.165) is 33.0 Å². The molecule has 3 heterocycles. The number of hydrogen-bond donors (Lipinski definition) is 1. The van der Waals surface area contributed by atoms with Gasteiger partial charge >= 0.3 is 0 Å². The first-order valence-corrected chi connectivity index (χ1v) is 14.4. The summed E-state index contributed by atoms with van der Waals surface area (Å²) in [6, 6.07) is 25.7. The number of aromatic nitrogens is 1. The minimum absolute atomic E-state index is 0.0674. The van der Waals surface area contributed by atoms with Gasteiger partial charge in [-0.1, -0.05) is 54.6 Å². The number of fused-ring (bicyclic) bond motifs is 3. The number of hydrogen-bond acceptors (Lipinski definition) is 7. The van der Waals surface area contributed by atoms with E-state index in [1.54, 1.807) is 11.3 Å². The molecule has 1 N–H and O–H groups in total. The molecule has 40 heavy (non-hydrogen) atoms. The van der Waals surface area contributed by atoms with Crippen molar-refractivity contribution >= 4 is 23.1 Å². The summed E-state index contributed by atoms with van der Waals surface area (Å²) in [6.07, 6.45) is 0.401. The first kappa shape index (κ1) is 26.2. The monoisotopic (exact) mass is 553 g/mol. The number of ether oxygens (including phenoxy) is 2. The SMILES string of the molecule is Cc1nc(CN2Cc3ccccc3[C@@H]3OC(c4ccc(OCCCO)cc4)=N[C@]3(Cc3ccccc3)C2=O)cs1. The van der Waals surface area contributed by atoms with Crippen LogP contribution in [0.2, 0.25) is 0 Å². The molecule has 2 aliphatic rings. The van der Waals surface area contributed by atoms with Crippen LogP contribution in [-0.2, 0) is 29.0 Å². The molecule has 0 fully saturated rings. The highest BCUT2D eigenvalue weighted by Crippen LogP contribution is 2.46. The summed E-state index contributed by atoms with van der Waals surface area (Å²) >= 11 is 1.59. The van der Waals surface area contributed by atoms with Crippen LogP contribution >= 0.6 is 11.3 Å². The molecule has 0 unspecified atom stereocenters. The van der Waals surface area contributed by atoms with Gasteiger partial charge in [-0.3, -0.25) is 4.79 Å². The third kappa shape index (κ3) is 5.12. The number of carbonyl (C=O) groups is 1. The zero-order valence-corrected chi connectivity index (χ0v) is 23.1. The van der Waals surface area contributed by atoms with Crippen molar-refractivity contribution in [3.63, 3.8) is 0 Å². The van der Waals surface area contributed by atoms with Gasteiger partial charge in [0.2, 0.25) is 5.90 Å². The van der Waals surface area contributed by atoms with Crippen molar-refractivity contribution < 1.29 is 19.4 Å². The molecule has 2 atom stereocenters. The highest BCUT2D eigenvalue weighted by molar-refractivity contribution is 7.09. The van der Waals surface area contributed by atoms with E-state index in [2.05, 4.69) is 17.1 Å². The quantitative estimate of drug-likeness (QED) is 0.286. The number of aliphatic imine (C=N–C) groups is 1. The largest absolute Gasteiger partial charge is 0.494 e. The van der Waals surface area contributed by atoms with E-state index in [1.807, 2.05) is 83.9 Å². The Morgan fingerprint density at radius 1 is 1.07 bits per heavy atom. The fourth-order valence-electron chi connectivity index (χ4n) is 5.44. The van der Waals surface area contributed by atoms with Crippen LogP contribution in [0.15, 0.2) is 89.2 Å². The van der Waals surface area contributed by atoms with E-state index in [9.17, 15) is 4.79 Å². The van der Waals surface area contributed by atoms with Crippen LogP contribution in [0.1, 0.15) is 45.5 Å². The lowest BCUT2D eigenvalue weighted by Crippen LogP contribution is -2.49. The summed E-state index contributed by atoms with van der Waals surface area (Å²) in [5.41, 5.74) is 3.53. The van der Waals surface area contributed by atoms with Crippen LogP contribution in [0.25, 0.3) is 0 Å². The zero-order chi connectivity index (χ0) is 27.5. The summed E-state index contributed by atoms with van der Waals surface area (Å²) in [6.45, 7) is 3.38.